The maximum absolute atomic E-state index is 5.49. The minimum absolute atomic E-state index is 0.421. The van der Waals surface area contributed by atoms with Crippen LogP contribution < -0.4 is 5.73 Å². The average Bonchev–Trinajstić information content (AvgIpc) is 2.15. The van der Waals surface area contributed by atoms with Crippen LogP contribution in [0.3, 0.4) is 0 Å². The van der Waals surface area contributed by atoms with Gasteiger partial charge in [0.1, 0.15) is 0 Å². The standard InChI is InChI=1S/C12H17N/c1-9-5-4-6-12(7-9)11(3)10(2)8-13/h4-8,11H,13H2,1-3H3/b10-8+. The summed E-state index contributed by atoms with van der Waals surface area (Å²) >= 11 is 0. The molecular formula is C12H17N. The Morgan fingerprint density at radius 2 is 2.15 bits per heavy atom. The number of hydrogen-bond donors (Lipinski definition) is 1. The first-order valence-corrected chi connectivity index (χ1v) is 4.60. The van der Waals surface area contributed by atoms with E-state index in [1.165, 1.54) is 16.7 Å². The zero-order valence-corrected chi connectivity index (χ0v) is 8.54. The number of rotatable bonds is 2. The number of benzene rings is 1. The van der Waals surface area contributed by atoms with Gasteiger partial charge in [0, 0.05) is 5.92 Å². The van der Waals surface area contributed by atoms with E-state index in [1.54, 1.807) is 6.20 Å². The second kappa shape index (κ2) is 4.13. The lowest BCUT2D eigenvalue weighted by Crippen LogP contribution is -1.97. The summed E-state index contributed by atoms with van der Waals surface area (Å²) in [4.78, 5) is 0. The van der Waals surface area contributed by atoms with Crippen LogP contribution in [-0.2, 0) is 0 Å². The fourth-order valence-electron chi connectivity index (χ4n) is 1.35. The molecule has 0 amide bonds. The molecule has 2 N–H and O–H groups in total. The lowest BCUT2D eigenvalue weighted by Gasteiger charge is -2.12. The van der Waals surface area contributed by atoms with Crippen LogP contribution in [0.15, 0.2) is 36.0 Å². The summed E-state index contributed by atoms with van der Waals surface area (Å²) in [7, 11) is 0. The number of allylic oxidation sites excluding steroid dienone is 1. The quantitative estimate of drug-likeness (QED) is 0.734. The van der Waals surface area contributed by atoms with Crippen LogP contribution >= 0.6 is 0 Å². The molecule has 13 heavy (non-hydrogen) atoms. The van der Waals surface area contributed by atoms with E-state index in [2.05, 4.69) is 45.0 Å². The summed E-state index contributed by atoms with van der Waals surface area (Å²) in [5.41, 5.74) is 9.33. The summed E-state index contributed by atoms with van der Waals surface area (Å²) in [6.45, 7) is 6.35. The molecule has 0 saturated carbocycles. The minimum atomic E-state index is 0.421. The van der Waals surface area contributed by atoms with E-state index in [0.717, 1.165) is 0 Å². The Balaban J connectivity index is 2.95. The van der Waals surface area contributed by atoms with Gasteiger partial charge in [0.15, 0.2) is 0 Å². The van der Waals surface area contributed by atoms with E-state index in [-0.39, 0.29) is 0 Å². The number of aryl methyl sites for hydroxylation is 1. The van der Waals surface area contributed by atoms with Gasteiger partial charge in [-0.2, -0.15) is 0 Å². The summed E-state index contributed by atoms with van der Waals surface area (Å²) in [6.07, 6.45) is 1.69. The molecule has 0 heterocycles. The van der Waals surface area contributed by atoms with Crippen molar-refractivity contribution in [2.75, 3.05) is 0 Å². The molecule has 1 rings (SSSR count). The van der Waals surface area contributed by atoms with Gasteiger partial charge in [-0.05, 0) is 25.6 Å². The largest absolute Gasteiger partial charge is 0.405 e. The van der Waals surface area contributed by atoms with Gasteiger partial charge >= 0.3 is 0 Å². The van der Waals surface area contributed by atoms with Gasteiger partial charge in [-0.15, -0.1) is 0 Å². The van der Waals surface area contributed by atoms with E-state index in [4.69, 9.17) is 5.73 Å². The minimum Gasteiger partial charge on any atom is -0.405 e. The molecule has 0 radical (unpaired) electrons. The summed E-state index contributed by atoms with van der Waals surface area (Å²) in [6, 6.07) is 8.55. The fraction of sp³-hybridized carbons (Fsp3) is 0.333. The normalized spacial score (nSPS) is 14.2. The zero-order valence-electron chi connectivity index (χ0n) is 8.54. The SMILES string of the molecule is C/C(=C\N)C(C)c1cccc(C)c1. The van der Waals surface area contributed by atoms with Crippen LogP contribution in [0.2, 0.25) is 0 Å². The molecule has 70 valence electrons. The third-order valence-corrected chi connectivity index (χ3v) is 2.49. The second-order valence-electron chi connectivity index (χ2n) is 3.55. The Hall–Kier alpha value is -1.24. The molecule has 1 nitrogen and oxygen atoms in total. The van der Waals surface area contributed by atoms with Gasteiger partial charge in [-0.25, -0.2) is 0 Å². The highest BCUT2D eigenvalue weighted by Crippen LogP contribution is 2.22. The summed E-state index contributed by atoms with van der Waals surface area (Å²) < 4.78 is 0. The smallest absolute Gasteiger partial charge is 0.00343 e. The van der Waals surface area contributed by atoms with Crippen molar-refractivity contribution in [3.63, 3.8) is 0 Å². The summed E-state index contributed by atoms with van der Waals surface area (Å²) in [5, 5.41) is 0. The first kappa shape index (κ1) is 9.85. The van der Waals surface area contributed by atoms with Crippen LogP contribution in [0.4, 0.5) is 0 Å². The van der Waals surface area contributed by atoms with Gasteiger partial charge in [-0.1, -0.05) is 42.3 Å². The monoisotopic (exact) mass is 175 g/mol. The van der Waals surface area contributed by atoms with E-state index >= 15 is 0 Å². The molecule has 0 aromatic heterocycles. The zero-order chi connectivity index (χ0) is 9.84. The average molecular weight is 175 g/mol. The first-order chi connectivity index (χ1) is 6.15. The molecule has 0 aliphatic heterocycles. The van der Waals surface area contributed by atoms with Crippen molar-refractivity contribution in [3.8, 4) is 0 Å². The van der Waals surface area contributed by atoms with Crippen LogP contribution in [0.5, 0.6) is 0 Å². The molecule has 0 aliphatic rings. The Morgan fingerprint density at radius 1 is 1.46 bits per heavy atom. The maximum Gasteiger partial charge on any atom is 0.00343 e. The molecule has 1 unspecified atom stereocenters. The van der Waals surface area contributed by atoms with Crippen molar-refractivity contribution in [1.82, 2.24) is 0 Å². The highest BCUT2D eigenvalue weighted by molar-refractivity contribution is 5.30. The molecule has 1 atom stereocenters. The third kappa shape index (κ3) is 2.35. The molecule has 0 spiro atoms. The van der Waals surface area contributed by atoms with Crippen LogP contribution in [0, 0.1) is 6.92 Å². The topological polar surface area (TPSA) is 26.0 Å². The number of nitrogens with two attached hydrogens (primary N) is 1. The van der Waals surface area contributed by atoms with Gasteiger partial charge < -0.3 is 5.73 Å². The fourth-order valence-corrected chi connectivity index (χ4v) is 1.35. The molecule has 0 saturated heterocycles. The molecule has 1 aromatic carbocycles. The van der Waals surface area contributed by atoms with Gasteiger partial charge in [0.25, 0.3) is 0 Å². The van der Waals surface area contributed by atoms with E-state index < -0.39 is 0 Å². The molecule has 1 heteroatoms. The Kier molecular flexibility index (Phi) is 3.13. The summed E-state index contributed by atoms with van der Waals surface area (Å²) in [5.74, 6) is 0.421. The Labute approximate surface area is 80.3 Å². The van der Waals surface area contributed by atoms with E-state index in [1.807, 2.05) is 0 Å². The van der Waals surface area contributed by atoms with E-state index in [0.29, 0.717) is 5.92 Å². The van der Waals surface area contributed by atoms with Crippen molar-refractivity contribution >= 4 is 0 Å². The third-order valence-electron chi connectivity index (χ3n) is 2.49. The van der Waals surface area contributed by atoms with Gasteiger partial charge in [0.2, 0.25) is 0 Å². The maximum atomic E-state index is 5.49. The van der Waals surface area contributed by atoms with Crippen molar-refractivity contribution in [1.29, 1.82) is 0 Å². The lowest BCUT2D eigenvalue weighted by molar-refractivity contribution is 0.886. The Morgan fingerprint density at radius 3 is 2.69 bits per heavy atom. The molecule has 0 fully saturated rings. The highest BCUT2D eigenvalue weighted by Gasteiger charge is 2.06. The Bertz CT molecular complexity index is 313. The molecule has 1 aromatic rings. The molecular weight excluding hydrogens is 158 g/mol. The van der Waals surface area contributed by atoms with Crippen molar-refractivity contribution in [3.05, 3.63) is 47.2 Å². The van der Waals surface area contributed by atoms with Gasteiger partial charge in [0.05, 0.1) is 0 Å². The van der Waals surface area contributed by atoms with Crippen molar-refractivity contribution < 1.29 is 0 Å². The van der Waals surface area contributed by atoms with Crippen LogP contribution in [-0.4, -0.2) is 0 Å². The first-order valence-electron chi connectivity index (χ1n) is 4.60. The van der Waals surface area contributed by atoms with E-state index in [9.17, 15) is 0 Å². The van der Waals surface area contributed by atoms with Crippen LogP contribution in [0.1, 0.15) is 30.9 Å². The molecule has 0 bridgehead atoms. The lowest BCUT2D eigenvalue weighted by atomic mass is 9.93. The predicted octanol–water partition coefficient (Wildman–Crippen LogP) is 2.96. The van der Waals surface area contributed by atoms with Crippen LogP contribution in [0.25, 0.3) is 0 Å². The second-order valence-corrected chi connectivity index (χ2v) is 3.55. The predicted molar refractivity (Wildman–Crippen MR) is 57.5 cm³/mol. The van der Waals surface area contributed by atoms with Crippen molar-refractivity contribution in [2.45, 2.75) is 26.7 Å². The van der Waals surface area contributed by atoms with Crippen molar-refractivity contribution in [2.24, 2.45) is 5.73 Å². The van der Waals surface area contributed by atoms with Gasteiger partial charge in [-0.3, -0.25) is 0 Å². The molecule has 0 aliphatic carbocycles. The number of hydrogen-bond acceptors (Lipinski definition) is 1. The highest BCUT2D eigenvalue weighted by atomic mass is 14.5.